The van der Waals surface area contributed by atoms with Crippen LogP contribution in [-0.4, -0.2) is 36.1 Å². The third-order valence-corrected chi connectivity index (χ3v) is 3.85. The van der Waals surface area contributed by atoms with Gasteiger partial charge in [0, 0.05) is 25.5 Å². The van der Waals surface area contributed by atoms with Crippen molar-refractivity contribution in [3.05, 3.63) is 59.7 Å². The van der Waals surface area contributed by atoms with Gasteiger partial charge in [0.15, 0.2) is 11.6 Å². The first-order valence-corrected chi connectivity index (χ1v) is 8.29. The monoisotopic (exact) mass is 345 g/mol. The molecule has 5 nitrogen and oxygen atoms in total. The normalized spacial score (nSPS) is 11.7. The summed E-state index contributed by atoms with van der Waals surface area (Å²) < 4.78 is 18.8. The van der Waals surface area contributed by atoms with Crippen LogP contribution in [0.3, 0.4) is 0 Å². The van der Waals surface area contributed by atoms with Crippen molar-refractivity contribution in [3.8, 4) is 5.75 Å². The Balaban J connectivity index is 1.72. The molecule has 6 heteroatoms. The number of amides is 2. The highest BCUT2D eigenvalue weighted by Gasteiger charge is 2.13. The molecule has 25 heavy (non-hydrogen) atoms. The van der Waals surface area contributed by atoms with E-state index in [0.717, 1.165) is 11.3 Å². The van der Waals surface area contributed by atoms with E-state index in [1.807, 2.05) is 26.0 Å². The Labute approximate surface area is 147 Å². The third kappa shape index (κ3) is 5.74. The molecule has 0 saturated carbocycles. The highest BCUT2D eigenvalue weighted by atomic mass is 19.1. The second kappa shape index (κ2) is 9.01. The average molecular weight is 345 g/mol. The van der Waals surface area contributed by atoms with Gasteiger partial charge in [-0.2, -0.15) is 0 Å². The number of nitrogens with one attached hydrogen (secondary N) is 1. The summed E-state index contributed by atoms with van der Waals surface area (Å²) in [5.74, 6) is -0.149. The first-order chi connectivity index (χ1) is 12.0. The van der Waals surface area contributed by atoms with Crippen LogP contribution in [0.1, 0.15) is 30.6 Å². The molecule has 2 rings (SSSR count). The SMILES string of the molecule is Cc1ccc([C@H](C)NC(=O)N(C)CCCOc2ccccc2F)cn1. The molecular weight excluding hydrogens is 321 g/mol. The fourth-order valence-corrected chi connectivity index (χ4v) is 2.26. The van der Waals surface area contributed by atoms with E-state index in [-0.39, 0.29) is 23.6 Å². The van der Waals surface area contributed by atoms with Crippen molar-refractivity contribution in [2.45, 2.75) is 26.3 Å². The van der Waals surface area contributed by atoms with Crippen LogP contribution in [0.4, 0.5) is 9.18 Å². The van der Waals surface area contributed by atoms with Gasteiger partial charge in [0.1, 0.15) is 0 Å². The predicted octanol–water partition coefficient (Wildman–Crippen LogP) is 3.70. The number of urea groups is 1. The summed E-state index contributed by atoms with van der Waals surface area (Å²) in [6.45, 7) is 4.69. The fraction of sp³-hybridized carbons (Fsp3) is 0.368. The zero-order valence-corrected chi connectivity index (χ0v) is 14.8. The summed E-state index contributed by atoms with van der Waals surface area (Å²) in [5, 5.41) is 2.93. The molecule has 1 aromatic carbocycles. The second-order valence-corrected chi connectivity index (χ2v) is 5.96. The van der Waals surface area contributed by atoms with Crippen molar-refractivity contribution in [2.24, 2.45) is 0 Å². The van der Waals surface area contributed by atoms with E-state index in [0.29, 0.717) is 19.6 Å². The number of ether oxygens (including phenoxy) is 1. The van der Waals surface area contributed by atoms with Crippen LogP contribution in [0, 0.1) is 12.7 Å². The van der Waals surface area contributed by atoms with Crippen LogP contribution in [-0.2, 0) is 0 Å². The summed E-state index contributed by atoms with van der Waals surface area (Å²) >= 11 is 0. The Kier molecular flexibility index (Phi) is 6.74. The number of rotatable bonds is 7. The van der Waals surface area contributed by atoms with Crippen molar-refractivity contribution in [2.75, 3.05) is 20.2 Å². The van der Waals surface area contributed by atoms with E-state index in [9.17, 15) is 9.18 Å². The number of carbonyl (C=O) groups is 1. The van der Waals surface area contributed by atoms with Crippen molar-refractivity contribution in [1.29, 1.82) is 0 Å². The first-order valence-electron chi connectivity index (χ1n) is 8.29. The van der Waals surface area contributed by atoms with Gasteiger partial charge in [-0.15, -0.1) is 0 Å². The number of pyridine rings is 1. The van der Waals surface area contributed by atoms with Crippen LogP contribution in [0.25, 0.3) is 0 Å². The van der Waals surface area contributed by atoms with Crippen LogP contribution >= 0.6 is 0 Å². The van der Waals surface area contributed by atoms with Gasteiger partial charge in [0.2, 0.25) is 0 Å². The van der Waals surface area contributed by atoms with Gasteiger partial charge in [0.25, 0.3) is 0 Å². The molecule has 2 aromatic rings. The zero-order chi connectivity index (χ0) is 18.2. The maximum Gasteiger partial charge on any atom is 0.317 e. The van der Waals surface area contributed by atoms with Crippen molar-refractivity contribution >= 4 is 6.03 Å². The molecule has 0 fully saturated rings. The van der Waals surface area contributed by atoms with E-state index in [2.05, 4.69) is 10.3 Å². The molecule has 0 saturated heterocycles. The summed E-state index contributed by atoms with van der Waals surface area (Å²) in [6, 6.07) is 9.86. The predicted molar refractivity (Wildman–Crippen MR) is 95.1 cm³/mol. The molecule has 0 aliphatic heterocycles. The molecule has 2 amide bonds. The minimum atomic E-state index is -0.380. The van der Waals surface area contributed by atoms with Crippen molar-refractivity contribution in [3.63, 3.8) is 0 Å². The molecule has 1 N–H and O–H groups in total. The van der Waals surface area contributed by atoms with E-state index in [4.69, 9.17) is 4.74 Å². The number of para-hydroxylation sites is 1. The molecule has 0 radical (unpaired) electrons. The maximum absolute atomic E-state index is 13.4. The summed E-state index contributed by atoms with van der Waals surface area (Å²) in [7, 11) is 1.72. The smallest absolute Gasteiger partial charge is 0.317 e. The average Bonchev–Trinajstić information content (AvgIpc) is 2.60. The Morgan fingerprint density at radius 2 is 2.08 bits per heavy atom. The van der Waals surface area contributed by atoms with Crippen LogP contribution in [0.5, 0.6) is 5.75 Å². The molecule has 0 unspecified atom stereocenters. The number of aryl methyl sites for hydroxylation is 1. The third-order valence-electron chi connectivity index (χ3n) is 3.85. The minimum absolute atomic E-state index is 0.127. The van der Waals surface area contributed by atoms with Gasteiger partial charge in [-0.25, -0.2) is 9.18 Å². The van der Waals surface area contributed by atoms with Gasteiger partial charge in [0.05, 0.1) is 12.6 Å². The summed E-state index contributed by atoms with van der Waals surface area (Å²) in [6.07, 6.45) is 2.38. The van der Waals surface area contributed by atoms with E-state index in [1.165, 1.54) is 6.07 Å². The number of benzene rings is 1. The standard InChI is InChI=1S/C19H24FN3O2/c1-14-9-10-16(13-21-14)15(2)22-19(24)23(3)11-6-12-25-18-8-5-4-7-17(18)20/h4-5,7-10,13,15H,6,11-12H2,1-3H3,(H,22,24)/t15-/m0/s1. The quantitative estimate of drug-likeness (QED) is 0.779. The molecule has 1 heterocycles. The fourth-order valence-electron chi connectivity index (χ4n) is 2.26. The maximum atomic E-state index is 13.4. The minimum Gasteiger partial charge on any atom is -0.490 e. The second-order valence-electron chi connectivity index (χ2n) is 5.96. The number of halogens is 1. The number of aromatic nitrogens is 1. The van der Waals surface area contributed by atoms with Crippen LogP contribution < -0.4 is 10.1 Å². The molecule has 0 bridgehead atoms. The molecule has 0 spiro atoms. The molecule has 1 atom stereocenters. The van der Waals surface area contributed by atoms with Gasteiger partial charge in [-0.05, 0) is 44.0 Å². The topological polar surface area (TPSA) is 54.5 Å². The largest absolute Gasteiger partial charge is 0.490 e. The Bertz CT molecular complexity index is 691. The van der Waals surface area contributed by atoms with E-state index in [1.54, 1.807) is 36.3 Å². The lowest BCUT2D eigenvalue weighted by Gasteiger charge is -2.21. The lowest BCUT2D eigenvalue weighted by molar-refractivity contribution is 0.199. The molecule has 0 aliphatic carbocycles. The lowest BCUT2D eigenvalue weighted by atomic mass is 10.1. The van der Waals surface area contributed by atoms with Gasteiger partial charge < -0.3 is 15.0 Å². The van der Waals surface area contributed by atoms with Crippen molar-refractivity contribution < 1.29 is 13.9 Å². The summed E-state index contributed by atoms with van der Waals surface area (Å²) in [5.41, 5.74) is 1.89. The van der Waals surface area contributed by atoms with Crippen LogP contribution in [0.15, 0.2) is 42.6 Å². The highest BCUT2D eigenvalue weighted by molar-refractivity contribution is 5.74. The van der Waals surface area contributed by atoms with E-state index >= 15 is 0 Å². The number of carbonyl (C=O) groups excluding carboxylic acids is 1. The Hall–Kier alpha value is -2.63. The molecule has 134 valence electrons. The van der Waals surface area contributed by atoms with Crippen molar-refractivity contribution in [1.82, 2.24) is 15.2 Å². The lowest BCUT2D eigenvalue weighted by Crippen LogP contribution is -2.39. The molecule has 1 aromatic heterocycles. The number of hydrogen-bond donors (Lipinski definition) is 1. The Morgan fingerprint density at radius 3 is 2.76 bits per heavy atom. The van der Waals surface area contributed by atoms with Gasteiger partial charge in [-0.3, -0.25) is 4.98 Å². The van der Waals surface area contributed by atoms with E-state index < -0.39 is 0 Å². The first kappa shape index (κ1) is 18.7. The zero-order valence-electron chi connectivity index (χ0n) is 14.8. The summed E-state index contributed by atoms with van der Waals surface area (Å²) in [4.78, 5) is 18.0. The number of nitrogens with zero attached hydrogens (tertiary/aromatic N) is 2. The number of hydrogen-bond acceptors (Lipinski definition) is 3. The molecule has 0 aliphatic rings. The molecular formula is C19H24FN3O2. The Morgan fingerprint density at radius 1 is 1.32 bits per heavy atom. The van der Waals surface area contributed by atoms with Gasteiger partial charge in [-0.1, -0.05) is 18.2 Å². The van der Waals surface area contributed by atoms with Crippen LogP contribution in [0.2, 0.25) is 0 Å². The van der Waals surface area contributed by atoms with Gasteiger partial charge >= 0.3 is 6.03 Å². The highest BCUT2D eigenvalue weighted by Crippen LogP contribution is 2.15.